The first kappa shape index (κ1) is 8.48. The SMILES string of the molecule is OC1CCCN(C2CCNC2)C1. The number of hydrogen-bond donors (Lipinski definition) is 2. The number of nitrogens with one attached hydrogen (secondary N) is 1. The Balaban J connectivity index is 1.85. The van der Waals surface area contributed by atoms with E-state index < -0.39 is 0 Å². The van der Waals surface area contributed by atoms with Crippen LogP contribution < -0.4 is 5.32 Å². The lowest BCUT2D eigenvalue weighted by Crippen LogP contribution is -2.45. The standard InChI is InChI=1S/C9H18N2O/c12-9-2-1-5-11(7-9)8-3-4-10-6-8/h8-10,12H,1-7H2. The first-order valence-corrected chi connectivity index (χ1v) is 4.99. The third-order valence-electron chi connectivity index (χ3n) is 2.98. The van der Waals surface area contributed by atoms with Crippen LogP contribution in [-0.2, 0) is 0 Å². The Morgan fingerprint density at radius 3 is 2.92 bits per heavy atom. The molecule has 2 saturated heterocycles. The minimum Gasteiger partial charge on any atom is -0.392 e. The van der Waals surface area contributed by atoms with Gasteiger partial charge in [-0.1, -0.05) is 0 Å². The van der Waals surface area contributed by atoms with E-state index in [9.17, 15) is 5.11 Å². The van der Waals surface area contributed by atoms with Crippen LogP contribution in [0.4, 0.5) is 0 Å². The fourth-order valence-electron chi connectivity index (χ4n) is 2.27. The first-order valence-electron chi connectivity index (χ1n) is 4.99. The fraction of sp³-hybridized carbons (Fsp3) is 1.00. The zero-order valence-corrected chi connectivity index (χ0v) is 7.50. The van der Waals surface area contributed by atoms with Crippen molar-refractivity contribution in [3.8, 4) is 0 Å². The number of rotatable bonds is 1. The Morgan fingerprint density at radius 1 is 1.33 bits per heavy atom. The molecule has 0 aliphatic carbocycles. The molecule has 3 nitrogen and oxygen atoms in total. The minimum atomic E-state index is -0.0700. The molecule has 0 spiro atoms. The van der Waals surface area contributed by atoms with Crippen molar-refractivity contribution in [1.82, 2.24) is 10.2 Å². The number of aliphatic hydroxyl groups is 1. The first-order chi connectivity index (χ1) is 5.86. The predicted octanol–water partition coefficient (Wildman–Crippen LogP) is -0.195. The van der Waals surface area contributed by atoms with Crippen LogP contribution in [0, 0.1) is 0 Å². The van der Waals surface area contributed by atoms with Gasteiger partial charge in [-0.15, -0.1) is 0 Å². The van der Waals surface area contributed by atoms with Crippen LogP contribution in [0.3, 0.4) is 0 Å². The van der Waals surface area contributed by atoms with Gasteiger partial charge in [-0.3, -0.25) is 4.90 Å². The second kappa shape index (κ2) is 3.73. The molecular formula is C9H18N2O. The Hall–Kier alpha value is -0.120. The highest BCUT2D eigenvalue weighted by Crippen LogP contribution is 2.16. The lowest BCUT2D eigenvalue weighted by atomic mass is 10.1. The molecular weight excluding hydrogens is 152 g/mol. The van der Waals surface area contributed by atoms with Gasteiger partial charge in [0.15, 0.2) is 0 Å². The molecule has 2 fully saturated rings. The van der Waals surface area contributed by atoms with Crippen LogP contribution in [0.5, 0.6) is 0 Å². The molecule has 0 aromatic heterocycles. The van der Waals surface area contributed by atoms with Crippen molar-refractivity contribution in [3.63, 3.8) is 0 Å². The summed E-state index contributed by atoms with van der Waals surface area (Å²) < 4.78 is 0. The number of nitrogens with zero attached hydrogens (tertiary/aromatic N) is 1. The van der Waals surface area contributed by atoms with Crippen molar-refractivity contribution in [1.29, 1.82) is 0 Å². The summed E-state index contributed by atoms with van der Waals surface area (Å²) in [4.78, 5) is 2.44. The van der Waals surface area contributed by atoms with Gasteiger partial charge in [-0.25, -0.2) is 0 Å². The average Bonchev–Trinajstić information content (AvgIpc) is 2.56. The van der Waals surface area contributed by atoms with Gasteiger partial charge in [0, 0.05) is 19.1 Å². The van der Waals surface area contributed by atoms with Crippen LogP contribution in [0.2, 0.25) is 0 Å². The summed E-state index contributed by atoms with van der Waals surface area (Å²) in [6.07, 6.45) is 3.35. The molecule has 2 heterocycles. The van der Waals surface area contributed by atoms with Crippen LogP contribution in [0.25, 0.3) is 0 Å². The van der Waals surface area contributed by atoms with Crippen LogP contribution in [-0.4, -0.2) is 48.3 Å². The molecule has 12 heavy (non-hydrogen) atoms. The lowest BCUT2D eigenvalue weighted by Gasteiger charge is -2.34. The van der Waals surface area contributed by atoms with Gasteiger partial charge in [0.25, 0.3) is 0 Å². The maximum atomic E-state index is 9.48. The molecule has 0 aromatic carbocycles. The maximum Gasteiger partial charge on any atom is 0.0667 e. The summed E-state index contributed by atoms with van der Waals surface area (Å²) in [6, 6.07) is 0.694. The van der Waals surface area contributed by atoms with E-state index in [1.165, 1.54) is 13.0 Å². The molecule has 2 N–H and O–H groups in total. The molecule has 2 rings (SSSR count). The van der Waals surface area contributed by atoms with E-state index in [0.717, 1.165) is 32.5 Å². The molecule has 2 atom stereocenters. The van der Waals surface area contributed by atoms with Gasteiger partial charge in [0.1, 0.15) is 0 Å². The number of aliphatic hydroxyl groups excluding tert-OH is 1. The molecule has 2 aliphatic heterocycles. The van der Waals surface area contributed by atoms with Gasteiger partial charge < -0.3 is 10.4 Å². The van der Waals surface area contributed by atoms with Gasteiger partial charge in [-0.05, 0) is 32.4 Å². The topological polar surface area (TPSA) is 35.5 Å². The molecule has 0 aromatic rings. The van der Waals surface area contributed by atoms with E-state index in [0.29, 0.717) is 6.04 Å². The van der Waals surface area contributed by atoms with Crippen LogP contribution in [0.15, 0.2) is 0 Å². The third kappa shape index (κ3) is 1.79. The van der Waals surface area contributed by atoms with E-state index in [2.05, 4.69) is 10.2 Å². The molecule has 3 heteroatoms. The molecule has 0 bridgehead atoms. The van der Waals surface area contributed by atoms with Crippen LogP contribution in [0.1, 0.15) is 19.3 Å². The summed E-state index contributed by atoms with van der Waals surface area (Å²) in [7, 11) is 0. The molecule has 70 valence electrons. The summed E-state index contributed by atoms with van der Waals surface area (Å²) in [6.45, 7) is 4.35. The highest BCUT2D eigenvalue weighted by molar-refractivity contribution is 4.84. The maximum absolute atomic E-state index is 9.48. The van der Waals surface area contributed by atoms with Crippen molar-refractivity contribution < 1.29 is 5.11 Å². The normalized spacial score (nSPS) is 38.8. The summed E-state index contributed by atoms with van der Waals surface area (Å²) in [5, 5.41) is 12.8. The lowest BCUT2D eigenvalue weighted by molar-refractivity contribution is 0.0509. The highest BCUT2D eigenvalue weighted by Gasteiger charge is 2.26. The summed E-state index contributed by atoms with van der Waals surface area (Å²) >= 11 is 0. The Labute approximate surface area is 73.8 Å². The molecule has 2 unspecified atom stereocenters. The largest absolute Gasteiger partial charge is 0.392 e. The Bertz CT molecular complexity index is 145. The van der Waals surface area contributed by atoms with E-state index in [1.54, 1.807) is 0 Å². The Morgan fingerprint density at radius 2 is 2.25 bits per heavy atom. The van der Waals surface area contributed by atoms with E-state index in [4.69, 9.17) is 0 Å². The number of piperidine rings is 1. The monoisotopic (exact) mass is 170 g/mol. The second-order valence-corrected chi connectivity index (χ2v) is 3.94. The fourth-order valence-corrected chi connectivity index (χ4v) is 2.27. The third-order valence-corrected chi connectivity index (χ3v) is 2.98. The average molecular weight is 170 g/mol. The summed E-state index contributed by atoms with van der Waals surface area (Å²) in [5.74, 6) is 0. The zero-order valence-electron chi connectivity index (χ0n) is 7.50. The highest BCUT2D eigenvalue weighted by atomic mass is 16.3. The van der Waals surface area contributed by atoms with Gasteiger partial charge in [0.05, 0.1) is 6.10 Å². The van der Waals surface area contributed by atoms with Gasteiger partial charge >= 0.3 is 0 Å². The molecule has 0 radical (unpaired) electrons. The Kier molecular flexibility index (Phi) is 2.63. The number of β-amino-alcohol motifs (C(OH)–C–C–N with tert-alkyl or cyclic N) is 1. The van der Waals surface area contributed by atoms with Crippen LogP contribution >= 0.6 is 0 Å². The van der Waals surface area contributed by atoms with Crippen molar-refractivity contribution in [3.05, 3.63) is 0 Å². The minimum absolute atomic E-state index is 0.0700. The number of hydrogen-bond acceptors (Lipinski definition) is 3. The predicted molar refractivity (Wildman–Crippen MR) is 48.1 cm³/mol. The van der Waals surface area contributed by atoms with Crippen molar-refractivity contribution in [2.45, 2.75) is 31.4 Å². The van der Waals surface area contributed by atoms with Gasteiger partial charge in [0.2, 0.25) is 0 Å². The second-order valence-electron chi connectivity index (χ2n) is 3.94. The molecule has 0 saturated carbocycles. The smallest absolute Gasteiger partial charge is 0.0667 e. The van der Waals surface area contributed by atoms with Gasteiger partial charge in [-0.2, -0.15) is 0 Å². The van der Waals surface area contributed by atoms with E-state index >= 15 is 0 Å². The van der Waals surface area contributed by atoms with Crippen molar-refractivity contribution in [2.75, 3.05) is 26.2 Å². The van der Waals surface area contributed by atoms with Crippen molar-refractivity contribution >= 4 is 0 Å². The molecule has 2 aliphatic rings. The van der Waals surface area contributed by atoms with Crippen molar-refractivity contribution in [2.24, 2.45) is 0 Å². The van der Waals surface area contributed by atoms with E-state index in [-0.39, 0.29) is 6.10 Å². The zero-order chi connectivity index (χ0) is 8.39. The summed E-state index contributed by atoms with van der Waals surface area (Å²) in [5.41, 5.74) is 0. The quantitative estimate of drug-likeness (QED) is 0.572. The molecule has 0 amide bonds. The van der Waals surface area contributed by atoms with E-state index in [1.807, 2.05) is 0 Å². The number of likely N-dealkylation sites (tertiary alicyclic amines) is 1.